The first-order valence-corrected chi connectivity index (χ1v) is 11.0. The standard InChI is InChI=1S/C23H33N3O2/c1-24(2)17-9-11-25(12-10-17)23(27)19-14-26(13-16-7-8-16)22-18-5-3-4-6-21(18)28-15-20(19)22/h3-6,16-17,19-20,22H,7-15H2,1-2H3/t19-,20+,22+/m1/s1. The van der Waals surface area contributed by atoms with E-state index in [2.05, 4.69) is 53.1 Å². The average molecular weight is 384 g/mol. The average Bonchev–Trinajstić information content (AvgIpc) is 3.46. The van der Waals surface area contributed by atoms with E-state index in [0.717, 1.165) is 50.7 Å². The van der Waals surface area contributed by atoms with Crippen LogP contribution in [0.4, 0.5) is 0 Å². The van der Waals surface area contributed by atoms with Crippen molar-refractivity contribution in [3.8, 4) is 5.75 Å². The fourth-order valence-electron chi connectivity index (χ4n) is 5.59. The van der Waals surface area contributed by atoms with Crippen LogP contribution in [-0.2, 0) is 4.79 Å². The number of ether oxygens (including phenoxy) is 1. The zero-order chi connectivity index (χ0) is 19.3. The van der Waals surface area contributed by atoms with Crippen molar-refractivity contribution in [2.24, 2.45) is 17.8 Å². The molecule has 0 radical (unpaired) electrons. The molecule has 5 heteroatoms. The first-order chi connectivity index (χ1) is 13.6. The van der Waals surface area contributed by atoms with Crippen molar-refractivity contribution in [3.63, 3.8) is 0 Å². The SMILES string of the molecule is CN(C)C1CCN(C(=O)[C@@H]2CN(CC3CC3)[C@H]3c4ccccc4OC[C@@H]23)CC1. The second-order valence-corrected chi connectivity index (χ2v) is 9.48. The number of hydrogen-bond donors (Lipinski definition) is 0. The Hall–Kier alpha value is -1.59. The van der Waals surface area contributed by atoms with Gasteiger partial charge in [0.25, 0.3) is 0 Å². The number of para-hydroxylation sites is 1. The maximum absolute atomic E-state index is 13.5. The van der Waals surface area contributed by atoms with E-state index in [-0.39, 0.29) is 11.8 Å². The predicted molar refractivity (Wildman–Crippen MR) is 109 cm³/mol. The van der Waals surface area contributed by atoms with E-state index in [9.17, 15) is 4.79 Å². The van der Waals surface area contributed by atoms with E-state index in [1.165, 1.54) is 18.4 Å². The van der Waals surface area contributed by atoms with Crippen molar-refractivity contribution < 1.29 is 9.53 Å². The molecule has 0 unspecified atom stereocenters. The maximum Gasteiger partial charge on any atom is 0.227 e. The largest absolute Gasteiger partial charge is 0.493 e. The third kappa shape index (κ3) is 3.33. The van der Waals surface area contributed by atoms with Gasteiger partial charge in [-0.15, -0.1) is 0 Å². The lowest BCUT2D eigenvalue weighted by molar-refractivity contribution is -0.138. The molecule has 4 aliphatic rings. The summed E-state index contributed by atoms with van der Waals surface area (Å²) in [6, 6.07) is 9.41. The summed E-state index contributed by atoms with van der Waals surface area (Å²) in [5, 5.41) is 0. The smallest absolute Gasteiger partial charge is 0.227 e. The maximum atomic E-state index is 13.5. The number of hydrogen-bond acceptors (Lipinski definition) is 4. The lowest BCUT2D eigenvalue weighted by atomic mass is 9.84. The topological polar surface area (TPSA) is 36.0 Å². The van der Waals surface area contributed by atoms with Gasteiger partial charge >= 0.3 is 0 Å². The van der Waals surface area contributed by atoms with Crippen molar-refractivity contribution >= 4 is 5.91 Å². The normalized spacial score (nSPS) is 30.8. The van der Waals surface area contributed by atoms with Crippen LogP contribution in [0.2, 0.25) is 0 Å². The Balaban J connectivity index is 1.35. The van der Waals surface area contributed by atoms with Crippen molar-refractivity contribution in [3.05, 3.63) is 29.8 Å². The molecule has 5 nitrogen and oxygen atoms in total. The summed E-state index contributed by atoms with van der Waals surface area (Å²) in [6.45, 7) is 4.51. The molecule has 3 heterocycles. The van der Waals surface area contributed by atoms with E-state index >= 15 is 0 Å². The van der Waals surface area contributed by atoms with Crippen molar-refractivity contribution in [2.75, 3.05) is 46.9 Å². The van der Waals surface area contributed by atoms with Crippen LogP contribution in [-0.4, -0.2) is 73.5 Å². The molecule has 0 N–H and O–H groups in total. The van der Waals surface area contributed by atoms with Crippen LogP contribution >= 0.6 is 0 Å². The number of rotatable bonds is 4. The summed E-state index contributed by atoms with van der Waals surface area (Å²) < 4.78 is 6.12. The second kappa shape index (κ2) is 7.34. The molecular weight excluding hydrogens is 350 g/mol. The summed E-state index contributed by atoms with van der Waals surface area (Å²) >= 11 is 0. The lowest BCUT2D eigenvalue weighted by Crippen LogP contribution is -2.48. The van der Waals surface area contributed by atoms with Crippen LogP contribution in [0.5, 0.6) is 5.75 Å². The summed E-state index contributed by atoms with van der Waals surface area (Å²) in [4.78, 5) is 20.6. The Morgan fingerprint density at radius 3 is 2.61 bits per heavy atom. The van der Waals surface area contributed by atoms with Crippen molar-refractivity contribution in [1.82, 2.24) is 14.7 Å². The van der Waals surface area contributed by atoms with E-state index in [0.29, 0.717) is 24.6 Å². The highest BCUT2D eigenvalue weighted by atomic mass is 16.5. The van der Waals surface area contributed by atoms with Gasteiger partial charge in [-0.1, -0.05) is 18.2 Å². The van der Waals surface area contributed by atoms with E-state index < -0.39 is 0 Å². The fraction of sp³-hybridized carbons (Fsp3) is 0.696. The first kappa shape index (κ1) is 18.4. The van der Waals surface area contributed by atoms with Gasteiger partial charge in [-0.25, -0.2) is 0 Å². The molecule has 1 amide bonds. The number of carbonyl (C=O) groups excluding carboxylic acids is 1. The number of piperidine rings is 1. The van der Waals surface area contributed by atoms with Gasteiger partial charge in [0.1, 0.15) is 5.75 Å². The van der Waals surface area contributed by atoms with Gasteiger partial charge in [-0.05, 0) is 51.8 Å². The van der Waals surface area contributed by atoms with Gasteiger partial charge in [0, 0.05) is 49.7 Å². The van der Waals surface area contributed by atoms with Gasteiger partial charge in [0.15, 0.2) is 0 Å². The molecule has 152 valence electrons. The second-order valence-electron chi connectivity index (χ2n) is 9.48. The van der Waals surface area contributed by atoms with Gasteiger partial charge in [0.05, 0.1) is 12.5 Å². The minimum Gasteiger partial charge on any atom is -0.493 e. The lowest BCUT2D eigenvalue weighted by Gasteiger charge is -2.38. The number of nitrogens with zero attached hydrogens (tertiary/aromatic N) is 3. The minimum atomic E-state index is 0.0769. The van der Waals surface area contributed by atoms with Crippen LogP contribution in [0.3, 0.4) is 0 Å². The Labute approximate surface area is 168 Å². The molecule has 3 atom stereocenters. The highest BCUT2D eigenvalue weighted by Crippen LogP contribution is 2.49. The molecule has 0 bridgehead atoms. The third-order valence-corrected chi connectivity index (χ3v) is 7.43. The number of fused-ring (bicyclic) bond motifs is 3. The predicted octanol–water partition coefficient (Wildman–Crippen LogP) is 2.63. The van der Waals surface area contributed by atoms with Crippen molar-refractivity contribution in [2.45, 2.75) is 37.8 Å². The highest BCUT2D eigenvalue weighted by Gasteiger charge is 2.50. The first-order valence-electron chi connectivity index (χ1n) is 11.0. The van der Waals surface area contributed by atoms with Gasteiger partial charge in [0.2, 0.25) is 5.91 Å². The molecule has 1 aromatic carbocycles. The summed E-state index contributed by atoms with van der Waals surface area (Å²) in [7, 11) is 4.30. The molecule has 1 aliphatic carbocycles. The molecule has 0 aromatic heterocycles. The monoisotopic (exact) mass is 383 g/mol. The molecular formula is C23H33N3O2. The van der Waals surface area contributed by atoms with Crippen LogP contribution in [0.15, 0.2) is 24.3 Å². The minimum absolute atomic E-state index is 0.0769. The summed E-state index contributed by atoms with van der Waals surface area (Å²) in [5.74, 6) is 2.58. The number of benzene rings is 1. The van der Waals surface area contributed by atoms with Gasteiger partial charge < -0.3 is 14.5 Å². The highest BCUT2D eigenvalue weighted by molar-refractivity contribution is 5.80. The zero-order valence-corrected chi connectivity index (χ0v) is 17.2. The molecule has 3 aliphatic heterocycles. The Morgan fingerprint density at radius 1 is 1.14 bits per heavy atom. The van der Waals surface area contributed by atoms with Crippen LogP contribution in [0.1, 0.15) is 37.3 Å². The molecule has 1 aromatic rings. The van der Waals surface area contributed by atoms with Crippen molar-refractivity contribution in [1.29, 1.82) is 0 Å². The molecule has 2 saturated heterocycles. The molecule has 28 heavy (non-hydrogen) atoms. The fourth-order valence-corrected chi connectivity index (χ4v) is 5.59. The van der Waals surface area contributed by atoms with E-state index in [4.69, 9.17) is 4.74 Å². The Morgan fingerprint density at radius 2 is 1.89 bits per heavy atom. The number of amides is 1. The van der Waals surface area contributed by atoms with Crippen LogP contribution < -0.4 is 4.74 Å². The molecule has 5 rings (SSSR count). The summed E-state index contributed by atoms with van der Waals surface area (Å²) in [6.07, 6.45) is 4.88. The zero-order valence-electron chi connectivity index (χ0n) is 17.2. The quantitative estimate of drug-likeness (QED) is 0.801. The molecule has 3 fully saturated rings. The van der Waals surface area contributed by atoms with Gasteiger partial charge in [-0.2, -0.15) is 0 Å². The third-order valence-electron chi connectivity index (χ3n) is 7.43. The number of likely N-dealkylation sites (tertiary alicyclic amines) is 2. The Bertz CT molecular complexity index is 724. The number of carbonyl (C=O) groups is 1. The molecule has 0 spiro atoms. The van der Waals surface area contributed by atoms with Gasteiger partial charge in [-0.3, -0.25) is 9.69 Å². The van der Waals surface area contributed by atoms with Crippen LogP contribution in [0.25, 0.3) is 0 Å². The van der Waals surface area contributed by atoms with E-state index in [1.807, 2.05) is 0 Å². The Kier molecular flexibility index (Phi) is 4.84. The van der Waals surface area contributed by atoms with E-state index in [1.54, 1.807) is 0 Å². The summed E-state index contributed by atoms with van der Waals surface area (Å²) in [5.41, 5.74) is 1.29. The van der Waals surface area contributed by atoms with Crippen LogP contribution in [0, 0.1) is 17.8 Å². The molecule has 1 saturated carbocycles.